The third-order valence-corrected chi connectivity index (χ3v) is 2.97. The van der Waals surface area contributed by atoms with E-state index in [0.29, 0.717) is 11.8 Å². The molecular weight excluding hydrogens is 206 g/mol. The van der Waals surface area contributed by atoms with Gasteiger partial charge < -0.3 is 9.42 Å². The van der Waals surface area contributed by atoms with Crippen LogP contribution < -0.4 is 0 Å². The topological polar surface area (TPSA) is 59.2 Å². The van der Waals surface area contributed by atoms with Crippen LogP contribution in [0.2, 0.25) is 0 Å². The van der Waals surface area contributed by atoms with E-state index in [-0.39, 0.29) is 11.6 Å². The molecule has 0 spiro atoms. The summed E-state index contributed by atoms with van der Waals surface area (Å²) in [4.78, 5) is 17.4. The number of Topliss-reactive ketones (excluding diaryl/α,β-unsaturated/α-hetero) is 1. The lowest BCUT2D eigenvalue weighted by Gasteiger charge is -2.28. The molecule has 1 aliphatic rings. The van der Waals surface area contributed by atoms with Crippen LogP contribution in [0.5, 0.6) is 0 Å². The molecule has 0 amide bonds. The molecule has 0 N–H and O–H groups in total. The van der Waals surface area contributed by atoms with Crippen molar-refractivity contribution in [3.05, 3.63) is 11.7 Å². The Morgan fingerprint density at radius 2 is 2.44 bits per heavy atom. The first-order valence-corrected chi connectivity index (χ1v) is 5.67. The summed E-state index contributed by atoms with van der Waals surface area (Å²) in [6.07, 6.45) is 3.20. The average Bonchev–Trinajstić information content (AvgIpc) is 2.66. The molecule has 2 heterocycles. The number of carbonyl (C=O) groups excluding carboxylic acids is 1. The van der Waals surface area contributed by atoms with Crippen molar-refractivity contribution in [1.29, 1.82) is 0 Å². The molecule has 5 nitrogen and oxygen atoms in total. The van der Waals surface area contributed by atoms with Gasteiger partial charge in [-0.15, -0.1) is 0 Å². The summed E-state index contributed by atoms with van der Waals surface area (Å²) in [5, 5.41) is 3.65. The van der Waals surface area contributed by atoms with E-state index in [2.05, 4.69) is 22.1 Å². The van der Waals surface area contributed by atoms with Gasteiger partial charge in [-0.05, 0) is 32.4 Å². The smallest absolute Gasteiger partial charge is 0.238 e. The van der Waals surface area contributed by atoms with Gasteiger partial charge in [-0.25, -0.2) is 0 Å². The standard InChI is InChI=1S/C11H17N3O2/c1-8(15)11-12-10(16-13-11)6-9-4-3-5-14(2)7-9/h9H,3-7H2,1-2H3. The summed E-state index contributed by atoms with van der Waals surface area (Å²) in [6.45, 7) is 3.68. The largest absolute Gasteiger partial charge is 0.339 e. The Hall–Kier alpha value is -1.23. The zero-order chi connectivity index (χ0) is 11.5. The summed E-state index contributed by atoms with van der Waals surface area (Å²) in [5.74, 6) is 1.21. The quantitative estimate of drug-likeness (QED) is 0.719. The third kappa shape index (κ3) is 2.66. The molecule has 1 saturated heterocycles. The van der Waals surface area contributed by atoms with Gasteiger partial charge in [-0.3, -0.25) is 4.79 Å². The Kier molecular flexibility index (Phi) is 3.33. The molecule has 88 valence electrons. The minimum absolute atomic E-state index is 0.143. The van der Waals surface area contributed by atoms with E-state index in [9.17, 15) is 4.79 Å². The Labute approximate surface area is 94.8 Å². The minimum Gasteiger partial charge on any atom is -0.339 e. The minimum atomic E-state index is -0.143. The molecule has 1 aliphatic heterocycles. The maximum absolute atomic E-state index is 11.0. The van der Waals surface area contributed by atoms with E-state index >= 15 is 0 Å². The molecule has 1 aromatic rings. The molecule has 0 aromatic carbocycles. The lowest BCUT2D eigenvalue weighted by molar-refractivity contribution is 0.100. The summed E-state index contributed by atoms with van der Waals surface area (Å²) < 4.78 is 5.06. The van der Waals surface area contributed by atoms with Crippen molar-refractivity contribution in [2.45, 2.75) is 26.2 Å². The van der Waals surface area contributed by atoms with Crippen LogP contribution in [-0.2, 0) is 6.42 Å². The molecule has 5 heteroatoms. The van der Waals surface area contributed by atoms with Crippen LogP contribution in [0.1, 0.15) is 36.3 Å². The van der Waals surface area contributed by atoms with Crippen molar-refractivity contribution in [3.63, 3.8) is 0 Å². The second kappa shape index (κ2) is 4.74. The second-order valence-electron chi connectivity index (χ2n) is 4.54. The number of nitrogens with zero attached hydrogens (tertiary/aromatic N) is 3. The van der Waals surface area contributed by atoms with Gasteiger partial charge in [0, 0.05) is 19.9 Å². The number of rotatable bonds is 3. The fraction of sp³-hybridized carbons (Fsp3) is 0.727. The number of likely N-dealkylation sites (tertiary alicyclic amines) is 1. The SMILES string of the molecule is CC(=O)c1noc(CC2CCCN(C)C2)n1. The van der Waals surface area contributed by atoms with Gasteiger partial charge in [0.15, 0.2) is 0 Å². The predicted octanol–water partition coefficient (Wildman–Crippen LogP) is 1.16. The number of hydrogen-bond donors (Lipinski definition) is 0. The van der Waals surface area contributed by atoms with Crippen LogP contribution in [0.15, 0.2) is 4.52 Å². The van der Waals surface area contributed by atoms with Crippen LogP contribution in [-0.4, -0.2) is 41.0 Å². The first-order valence-electron chi connectivity index (χ1n) is 5.67. The van der Waals surface area contributed by atoms with E-state index in [4.69, 9.17) is 4.52 Å². The van der Waals surface area contributed by atoms with Gasteiger partial charge in [0.1, 0.15) is 0 Å². The molecule has 0 saturated carbocycles. The number of ketones is 1. The lowest BCUT2D eigenvalue weighted by atomic mass is 9.95. The average molecular weight is 223 g/mol. The Balaban J connectivity index is 1.95. The monoisotopic (exact) mass is 223 g/mol. The van der Waals surface area contributed by atoms with Crippen LogP contribution in [0, 0.1) is 5.92 Å². The van der Waals surface area contributed by atoms with Crippen molar-refractivity contribution in [2.75, 3.05) is 20.1 Å². The zero-order valence-electron chi connectivity index (χ0n) is 9.77. The van der Waals surface area contributed by atoms with E-state index in [1.807, 2.05) is 0 Å². The first-order chi connectivity index (χ1) is 7.65. The number of carbonyl (C=O) groups is 1. The lowest BCUT2D eigenvalue weighted by Crippen LogP contribution is -2.33. The Morgan fingerprint density at radius 3 is 3.06 bits per heavy atom. The van der Waals surface area contributed by atoms with Crippen molar-refractivity contribution >= 4 is 5.78 Å². The molecule has 1 aromatic heterocycles. The predicted molar refractivity (Wildman–Crippen MR) is 58.2 cm³/mol. The van der Waals surface area contributed by atoms with E-state index < -0.39 is 0 Å². The fourth-order valence-electron chi connectivity index (χ4n) is 2.17. The van der Waals surface area contributed by atoms with Gasteiger partial charge in [0.2, 0.25) is 17.5 Å². The Morgan fingerprint density at radius 1 is 1.62 bits per heavy atom. The third-order valence-electron chi connectivity index (χ3n) is 2.97. The van der Waals surface area contributed by atoms with Crippen molar-refractivity contribution in [3.8, 4) is 0 Å². The normalized spacial score (nSPS) is 22.2. The van der Waals surface area contributed by atoms with Gasteiger partial charge >= 0.3 is 0 Å². The molecule has 0 bridgehead atoms. The number of piperidine rings is 1. The van der Waals surface area contributed by atoms with E-state index in [1.165, 1.54) is 26.3 Å². The van der Waals surface area contributed by atoms with Gasteiger partial charge in [-0.1, -0.05) is 5.16 Å². The van der Waals surface area contributed by atoms with Gasteiger partial charge in [0.25, 0.3) is 0 Å². The molecule has 1 unspecified atom stereocenters. The maximum atomic E-state index is 11.0. The molecule has 1 atom stereocenters. The van der Waals surface area contributed by atoms with Gasteiger partial charge in [0.05, 0.1) is 0 Å². The summed E-state index contributed by atoms with van der Waals surface area (Å²) >= 11 is 0. The highest BCUT2D eigenvalue weighted by molar-refractivity contribution is 5.89. The van der Waals surface area contributed by atoms with Crippen molar-refractivity contribution in [1.82, 2.24) is 15.0 Å². The molecule has 0 radical (unpaired) electrons. The molecule has 16 heavy (non-hydrogen) atoms. The molecule has 2 rings (SSSR count). The van der Waals surface area contributed by atoms with Gasteiger partial charge in [-0.2, -0.15) is 4.98 Å². The number of hydrogen-bond acceptors (Lipinski definition) is 5. The highest BCUT2D eigenvalue weighted by Gasteiger charge is 2.20. The summed E-state index contributed by atoms with van der Waals surface area (Å²) in [7, 11) is 2.13. The van der Waals surface area contributed by atoms with Crippen molar-refractivity contribution < 1.29 is 9.32 Å². The van der Waals surface area contributed by atoms with E-state index in [1.54, 1.807) is 0 Å². The summed E-state index contributed by atoms with van der Waals surface area (Å²) in [5.41, 5.74) is 0. The highest BCUT2D eigenvalue weighted by atomic mass is 16.5. The first kappa shape index (κ1) is 11.3. The fourth-order valence-corrected chi connectivity index (χ4v) is 2.17. The second-order valence-corrected chi connectivity index (χ2v) is 4.54. The molecule has 0 aliphatic carbocycles. The number of aromatic nitrogens is 2. The maximum Gasteiger partial charge on any atom is 0.238 e. The van der Waals surface area contributed by atoms with Crippen LogP contribution in [0.25, 0.3) is 0 Å². The highest BCUT2D eigenvalue weighted by Crippen LogP contribution is 2.19. The van der Waals surface area contributed by atoms with Crippen LogP contribution in [0.4, 0.5) is 0 Å². The molecule has 1 fully saturated rings. The van der Waals surface area contributed by atoms with Crippen molar-refractivity contribution in [2.24, 2.45) is 5.92 Å². The zero-order valence-corrected chi connectivity index (χ0v) is 9.77. The van der Waals surface area contributed by atoms with Crippen LogP contribution >= 0.6 is 0 Å². The van der Waals surface area contributed by atoms with Crippen LogP contribution in [0.3, 0.4) is 0 Å². The van der Waals surface area contributed by atoms with E-state index in [0.717, 1.165) is 13.0 Å². The summed E-state index contributed by atoms with van der Waals surface area (Å²) in [6, 6.07) is 0. The molecular formula is C11H17N3O2. The Bertz CT molecular complexity index is 375.